The van der Waals surface area contributed by atoms with Gasteiger partial charge >= 0.3 is 0 Å². The van der Waals surface area contributed by atoms with Gasteiger partial charge in [-0.3, -0.25) is 0 Å². The summed E-state index contributed by atoms with van der Waals surface area (Å²) in [5.41, 5.74) is 2.03. The molecule has 1 atom stereocenters. The van der Waals surface area contributed by atoms with Gasteiger partial charge < -0.3 is 5.32 Å². The fourth-order valence-corrected chi connectivity index (χ4v) is 3.56. The Morgan fingerprint density at radius 1 is 1.21 bits per heavy atom. The molecule has 2 heteroatoms. The zero-order valence-electron chi connectivity index (χ0n) is 12.4. The molecule has 0 heterocycles. The minimum atomic E-state index is 0.567. The Labute approximate surface area is 131 Å². The summed E-state index contributed by atoms with van der Waals surface area (Å²) < 4.78 is 1.32. The van der Waals surface area contributed by atoms with Crippen LogP contribution in [0.4, 0.5) is 0 Å². The largest absolute Gasteiger partial charge is 0.316 e. The lowest BCUT2D eigenvalue weighted by molar-refractivity contribution is 0.163. The first-order valence-electron chi connectivity index (χ1n) is 7.42. The molecule has 0 radical (unpaired) electrons. The summed E-state index contributed by atoms with van der Waals surface area (Å²) in [5.74, 6) is 0.845. The fourth-order valence-electron chi connectivity index (χ4n) is 3.20. The lowest BCUT2D eigenvalue weighted by Crippen LogP contribution is -2.38. The van der Waals surface area contributed by atoms with E-state index in [0.29, 0.717) is 11.5 Å². The minimum Gasteiger partial charge on any atom is -0.316 e. The molecule has 0 saturated heterocycles. The highest BCUT2D eigenvalue weighted by Crippen LogP contribution is 2.39. The second-order valence-electron chi connectivity index (χ2n) is 6.73. The molecule has 1 saturated carbocycles. The third-order valence-corrected chi connectivity index (χ3v) is 5.41. The Balaban J connectivity index is 1.95. The monoisotopic (exact) mass is 371 g/mol. The van der Waals surface area contributed by atoms with Gasteiger partial charge in [-0.25, -0.2) is 0 Å². The molecular formula is C17H26IN. The SMILES string of the molecule is CNC(Cc1ccc(I)cc1)C1CCC(C)(C)CC1. The smallest absolute Gasteiger partial charge is 0.0133 e. The van der Waals surface area contributed by atoms with Crippen molar-refractivity contribution in [2.24, 2.45) is 11.3 Å². The van der Waals surface area contributed by atoms with Gasteiger partial charge in [0.15, 0.2) is 0 Å². The summed E-state index contributed by atoms with van der Waals surface area (Å²) >= 11 is 2.37. The van der Waals surface area contributed by atoms with Crippen molar-refractivity contribution in [1.82, 2.24) is 5.32 Å². The van der Waals surface area contributed by atoms with Crippen LogP contribution in [0.5, 0.6) is 0 Å². The van der Waals surface area contributed by atoms with Crippen LogP contribution in [0.15, 0.2) is 24.3 Å². The number of nitrogens with one attached hydrogen (secondary N) is 1. The molecule has 1 aromatic rings. The minimum absolute atomic E-state index is 0.567. The van der Waals surface area contributed by atoms with E-state index >= 15 is 0 Å². The Kier molecular flexibility index (Phi) is 5.29. The molecule has 0 spiro atoms. The molecule has 1 aliphatic rings. The maximum Gasteiger partial charge on any atom is 0.0133 e. The van der Waals surface area contributed by atoms with Crippen molar-refractivity contribution in [3.05, 3.63) is 33.4 Å². The van der Waals surface area contributed by atoms with Crippen molar-refractivity contribution < 1.29 is 0 Å². The third kappa shape index (κ3) is 4.45. The lowest BCUT2D eigenvalue weighted by Gasteiger charge is -2.38. The molecule has 1 aromatic carbocycles. The van der Waals surface area contributed by atoms with E-state index in [0.717, 1.165) is 5.92 Å². The zero-order chi connectivity index (χ0) is 13.9. The van der Waals surface area contributed by atoms with Crippen molar-refractivity contribution in [3.8, 4) is 0 Å². The van der Waals surface area contributed by atoms with Gasteiger partial charge in [0.05, 0.1) is 0 Å². The van der Waals surface area contributed by atoms with Crippen LogP contribution in [0, 0.1) is 14.9 Å². The van der Waals surface area contributed by atoms with Gasteiger partial charge in [-0.2, -0.15) is 0 Å². The highest BCUT2D eigenvalue weighted by Gasteiger charge is 2.30. The Morgan fingerprint density at radius 3 is 2.32 bits per heavy atom. The van der Waals surface area contributed by atoms with Crippen LogP contribution in [0.3, 0.4) is 0 Å². The van der Waals surface area contributed by atoms with Crippen molar-refractivity contribution in [3.63, 3.8) is 0 Å². The number of hydrogen-bond acceptors (Lipinski definition) is 1. The third-order valence-electron chi connectivity index (χ3n) is 4.69. The highest BCUT2D eigenvalue weighted by atomic mass is 127. The first kappa shape index (κ1) is 15.3. The maximum atomic E-state index is 3.56. The van der Waals surface area contributed by atoms with E-state index in [1.54, 1.807) is 0 Å². The molecule has 1 fully saturated rings. The maximum absolute atomic E-state index is 3.56. The van der Waals surface area contributed by atoms with E-state index in [2.05, 4.69) is 73.1 Å². The number of rotatable bonds is 4. The first-order valence-corrected chi connectivity index (χ1v) is 8.50. The van der Waals surface area contributed by atoms with E-state index in [1.807, 2.05) is 0 Å². The number of halogens is 1. The number of benzene rings is 1. The predicted octanol–water partition coefficient (Wildman–Crippen LogP) is 4.64. The average Bonchev–Trinajstić information content (AvgIpc) is 2.39. The van der Waals surface area contributed by atoms with Crippen molar-refractivity contribution >= 4 is 22.6 Å². The van der Waals surface area contributed by atoms with Crippen LogP contribution in [-0.2, 0) is 6.42 Å². The number of likely N-dealkylation sites (N-methyl/N-ethyl adjacent to an activating group) is 1. The Morgan fingerprint density at radius 2 is 1.79 bits per heavy atom. The number of hydrogen-bond donors (Lipinski definition) is 1. The van der Waals surface area contributed by atoms with Gasteiger partial charge in [-0.05, 0) is 90.8 Å². The molecule has 0 bridgehead atoms. The first-order chi connectivity index (χ1) is 9.00. The normalized spacial score (nSPS) is 21.3. The van der Waals surface area contributed by atoms with Crippen LogP contribution in [0.1, 0.15) is 45.1 Å². The molecule has 0 amide bonds. The summed E-state index contributed by atoms with van der Waals surface area (Å²) in [7, 11) is 2.12. The second-order valence-corrected chi connectivity index (χ2v) is 7.97. The molecular weight excluding hydrogens is 345 g/mol. The molecule has 1 unspecified atom stereocenters. The van der Waals surface area contributed by atoms with Gasteiger partial charge in [0.25, 0.3) is 0 Å². The van der Waals surface area contributed by atoms with Crippen molar-refractivity contribution in [1.29, 1.82) is 0 Å². The molecule has 0 aliphatic heterocycles. The second kappa shape index (κ2) is 6.57. The van der Waals surface area contributed by atoms with Gasteiger partial charge in [0.1, 0.15) is 0 Å². The molecule has 1 nitrogen and oxygen atoms in total. The lowest BCUT2D eigenvalue weighted by atomic mass is 9.70. The van der Waals surface area contributed by atoms with Crippen molar-refractivity contribution in [2.45, 2.75) is 52.0 Å². The molecule has 106 valence electrons. The van der Waals surface area contributed by atoms with Crippen LogP contribution < -0.4 is 5.32 Å². The summed E-state index contributed by atoms with van der Waals surface area (Å²) in [5, 5.41) is 3.56. The van der Waals surface area contributed by atoms with Crippen LogP contribution in [0.25, 0.3) is 0 Å². The van der Waals surface area contributed by atoms with E-state index < -0.39 is 0 Å². The molecule has 19 heavy (non-hydrogen) atoms. The zero-order valence-corrected chi connectivity index (χ0v) is 14.5. The van der Waals surface area contributed by atoms with Gasteiger partial charge in [0.2, 0.25) is 0 Å². The summed E-state index contributed by atoms with van der Waals surface area (Å²) in [4.78, 5) is 0. The van der Waals surface area contributed by atoms with Crippen LogP contribution >= 0.6 is 22.6 Å². The molecule has 1 aliphatic carbocycles. The topological polar surface area (TPSA) is 12.0 Å². The van der Waals surface area contributed by atoms with Gasteiger partial charge in [0, 0.05) is 9.61 Å². The van der Waals surface area contributed by atoms with E-state index in [4.69, 9.17) is 0 Å². The summed E-state index contributed by atoms with van der Waals surface area (Å²) in [6, 6.07) is 9.62. The predicted molar refractivity (Wildman–Crippen MR) is 91.4 cm³/mol. The van der Waals surface area contributed by atoms with Crippen molar-refractivity contribution in [2.75, 3.05) is 7.05 Å². The summed E-state index contributed by atoms with van der Waals surface area (Å²) in [6.07, 6.45) is 6.68. The summed E-state index contributed by atoms with van der Waals surface area (Å²) in [6.45, 7) is 4.83. The van der Waals surface area contributed by atoms with Crippen LogP contribution in [-0.4, -0.2) is 13.1 Å². The van der Waals surface area contributed by atoms with E-state index in [9.17, 15) is 0 Å². The quantitative estimate of drug-likeness (QED) is 0.761. The average molecular weight is 371 g/mol. The van der Waals surface area contributed by atoms with E-state index in [1.165, 1.54) is 41.2 Å². The molecule has 0 aromatic heterocycles. The molecule has 1 N–H and O–H groups in total. The van der Waals surface area contributed by atoms with E-state index in [-0.39, 0.29) is 0 Å². The van der Waals surface area contributed by atoms with Gasteiger partial charge in [-0.15, -0.1) is 0 Å². The highest BCUT2D eigenvalue weighted by molar-refractivity contribution is 14.1. The standard InChI is InChI=1S/C17H26IN/c1-17(2)10-8-14(9-11-17)16(19-3)12-13-4-6-15(18)7-5-13/h4-7,14,16,19H,8-12H2,1-3H3. The van der Waals surface area contributed by atoms with Gasteiger partial charge in [-0.1, -0.05) is 26.0 Å². The fraction of sp³-hybridized carbons (Fsp3) is 0.647. The van der Waals surface area contributed by atoms with Crippen LogP contribution in [0.2, 0.25) is 0 Å². The Hall–Kier alpha value is -0.0900. The Bertz CT molecular complexity index is 386. The molecule has 2 rings (SSSR count).